The van der Waals surface area contributed by atoms with Crippen molar-refractivity contribution in [3.8, 4) is 11.5 Å². The molecule has 0 aromatic heterocycles. The van der Waals surface area contributed by atoms with E-state index in [-0.39, 0.29) is 12.5 Å². The van der Waals surface area contributed by atoms with E-state index in [1.54, 1.807) is 0 Å². The molecular weight excluding hydrogens is 490 g/mol. The van der Waals surface area contributed by atoms with Crippen molar-refractivity contribution in [2.75, 3.05) is 51.8 Å². The van der Waals surface area contributed by atoms with E-state index in [0.717, 1.165) is 48.8 Å². The molecule has 1 N–H and O–H groups in total. The van der Waals surface area contributed by atoms with Crippen LogP contribution in [0.15, 0.2) is 40.9 Å². The van der Waals surface area contributed by atoms with Crippen LogP contribution in [-0.2, 0) is 11.2 Å². The zero-order valence-electron chi connectivity index (χ0n) is 18.8. The number of aryl methyl sites for hydroxylation is 1. The van der Waals surface area contributed by atoms with E-state index in [1.165, 1.54) is 5.56 Å². The highest BCUT2D eigenvalue weighted by molar-refractivity contribution is 9.10. The quantitative estimate of drug-likeness (QED) is 0.523. The summed E-state index contributed by atoms with van der Waals surface area (Å²) in [5, 5.41) is 2.86. The number of carbonyl (C=O) groups excluding carboxylic acids is 1. The van der Waals surface area contributed by atoms with Gasteiger partial charge in [-0.3, -0.25) is 4.79 Å². The van der Waals surface area contributed by atoms with Crippen molar-refractivity contribution in [2.45, 2.75) is 20.3 Å². The zero-order valence-corrected chi connectivity index (χ0v) is 21.2. The number of piperazine rings is 1. The van der Waals surface area contributed by atoms with Crippen LogP contribution in [0.2, 0.25) is 0 Å². The van der Waals surface area contributed by atoms with Gasteiger partial charge in [-0.25, -0.2) is 0 Å². The summed E-state index contributed by atoms with van der Waals surface area (Å²) in [5.41, 5.74) is 2.86. The number of nitrogens with zero attached hydrogens (tertiary/aromatic N) is 2. The number of halogens is 1. The number of thiocarbonyl (C=S) groups is 1. The van der Waals surface area contributed by atoms with Gasteiger partial charge in [0.15, 0.2) is 18.1 Å². The SMILES string of the molecule is CCOc1cc(C(=S)N2CCN(C)CC2)cc(Br)c1OCC(=O)Nc1ccc(CC)cc1. The molecule has 2 aromatic carbocycles. The number of nitrogens with one attached hydrogen (secondary N) is 1. The van der Waals surface area contributed by atoms with Gasteiger partial charge in [-0.05, 0) is 66.2 Å². The van der Waals surface area contributed by atoms with Gasteiger partial charge >= 0.3 is 0 Å². The summed E-state index contributed by atoms with van der Waals surface area (Å²) < 4.78 is 12.4. The van der Waals surface area contributed by atoms with E-state index in [1.807, 2.05) is 43.3 Å². The molecule has 0 unspecified atom stereocenters. The number of likely N-dealkylation sites (N-methyl/N-ethyl adjacent to an activating group) is 1. The lowest BCUT2D eigenvalue weighted by Gasteiger charge is -2.34. The van der Waals surface area contributed by atoms with Crippen molar-refractivity contribution in [1.29, 1.82) is 0 Å². The fourth-order valence-corrected chi connectivity index (χ4v) is 4.30. The molecule has 0 atom stereocenters. The molecule has 8 heteroatoms. The van der Waals surface area contributed by atoms with Gasteiger partial charge < -0.3 is 24.6 Å². The van der Waals surface area contributed by atoms with Gasteiger partial charge in [0.25, 0.3) is 5.91 Å². The number of hydrogen-bond acceptors (Lipinski definition) is 5. The Labute approximate surface area is 204 Å². The number of carbonyl (C=O) groups is 1. The first-order valence-corrected chi connectivity index (χ1v) is 12.1. The van der Waals surface area contributed by atoms with Crippen LogP contribution in [0.1, 0.15) is 25.0 Å². The third-order valence-electron chi connectivity index (χ3n) is 5.34. The average molecular weight is 520 g/mol. The minimum Gasteiger partial charge on any atom is -0.490 e. The van der Waals surface area contributed by atoms with Crippen molar-refractivity contribution in [3.05, 3.63) is 52.0 Å². The molecule has 6 nitrogen and oxygen atoms in total. The maximum Gasteiger partial charge on any atom is 0.262 e. The summed E-state index contributed by atoms with van der Waals surface area (Å²) in [4.78, 5) is 17.7. The first-order chi connectivity index (χ1) is 15.4. The van der Waals surface area contributed by atoms with Gasteiger partial charge in [-0.15, -0.1) is 0 Å². The Morgan fingerprint density at radius 3 is 2.41 bits per heavy atom. The summed E-state index contributed by atoms with van der Waals surface area (Å²) in [6, 6.07) is 11.6. The largest absolute Gasteiger partial charge is 0.490 e. The topological polar surface area (TPSA) is 54.0 Å². The van der Waals surface area contributed by atoms with Gasteiger partial charge in [-0.2, -0.15) is 0 Å². The van der Waals surface area contributed by atoms with Crippen molar-refractivity contribution in [1.82, 2.24) is 9.80 Å². The highest BCUT2D eigenvalue weighted by atomic mass is 79.9. The normalized spacial score (nSPS) is 14.2. The summed E-state index contributed by atoms with van der Waals surface area (Å²) in [7, 11) is 2.12. The second-order valence-electron chi connectivity index (χ2n) is 7.70. The van der Waals surface area contributed by atoms with Crippen LogP contribution in [0.3, 0.4) is 0 Å². The molecule has 0 saturated carbocycles. The minimum absolute atomic E-state index is 0.129. The monoisotopic (exact) mass is 519 g/mol. The molecule has 1 heterocycles. The molecule has 2 aromatic rings. The molecule has 0 radical (unpaired) electrons. The average Bonchev–Trinajstić information content (AvgIpc) is 2.79. The van der Waals surface area contributed by atoms with E-state index in [0.29, 0.717) is 22.6 Å². The zero-order chi connectivity index (χ0) is 23.1. The lowest BCUT2D eigenvalue weighted by atomic mass is 10.1. The van der Waals surface area contributed by atoms with Crippen LogP contribution >= 0.6 is 28.1 Å². The van der Waals surface area contributed by atoms with Crippen LogP contribution in [0.4, 0.5) is 5.69 Å². The molecule has 3 rings (SSSR count). The number of hydrogen-bond donors (Lipinski definition) is 1. The van der Waals surface area contributed by atoms with Gasteiger partial charge in [-0.1, -0.05) is 31.3 Å². The standard InChI is InChI=1S/C24H30BrN3O3S/c1-4-17-6-8-19(9-7-17)26-22(29)16-31-23-20(25)14-18(15-21(23)30-5-2)24(32)28-12-10-27(3)11-13-28/h6-9,14-15H,4-5,10-13,16H2,1-3H3,(H,26,29). The first-order valence-electron chi connectivity index (χ1n) is 10.9. The Hall–Kier alpha value is -2.16. The van der Waals surface area contributed by atoms with E-state index >= 15 is 0 Å². The summed E-state index contributed by atoms with van der Waals surface area (Å²) >= 11 is 9.33. The number of anilines is 1. The van der Waals surface area contributed by atoms with Gasteiger partial charge in [0.05, 0.1) is 11.1 Å². The molecule has 32 heavy (non-hydrogen) atoms. The highest BCUT2D eigenvalue weighted by Gasteiger charge is 2.21. The summed E-state index contributed by atoms with van der Waals surface area (Å²) in [5.74, 6) is 0.822. The third kappa shape index (κ3) is 6.43. The van der Waals surface area contributed by atoms with Crippen LogP contribution in [0.25, 0.3) is 0 Å². The van der Waals surface area contributed by atoms with E-state index in [9.17, 15) is 4.79 Å². The lowest BCUT2D eigenvalue weighted by Crippen LogP contribution is -2.46. The van der Waals surface area contributed by atoms with E-state index in [2.05, 4.69) is 45.0 Å². The third-order valence-corrected chi connectivity index (χ3v) is 6.42. The number of rotatable bonds is 8. The van der Waals surface area contributed by atoms with Gasteiger partial charge in [0, 0.05) is 37.4 Å². The van der Waals surface area contributed by atoms with Crippen LogP contribution in [0.5, 0.6) is 11.5 Å². The number of ether oxygens (including phenoxy) is 2. The maximum atomic E-state index is 12.4. The molecule has 0 bridgehead atoms. The predicted octanol–water partition coefficient (Wildman–Crippen LogP) is 4.35. The predicted molar refractivity (Wildman–Crippen MR) is 136 cm³/mol. The molecule has 1 saturated heterocycles. The van der Waals surface area contributed by atoms with Crippen LogP contribution in [0, 0.1) is 0 Å². The molecule has 0 aliphatic carbocycles. The molecule has 0 spiro atoms. The Bertz CT molecular complexity index is 944. The Morgan fingerprint density at radius 1 is 1.09 bits per heavy atom. The number of amides is 1. The minimum atomic E-state index is -0.236. The molecule has 1 aliphatic heterocycles. The van der Waals surface area contributed by atoms with Crippen LogP contribution in [-0.4, -0.2) is 67.1 Å². The summed E-state index contributed by atoms with van der Waals surface area (Å²) in [6.07, 6.45) is 0.958. The van der Waals surface area contributed by atoms with Crippen molar-refractivity contribution >= 4 is 44.7 Å². The Kier molecular flexibility index (Phi) is 8.90. The van der Waals surface area contributed by atoms with Crippen LogP contribution < -0.4 is 14.8 Å². The van der Waals surface area contributed by atoms with Gasteiger partial charge in [0.2, 0.25) is 0 Å². The first kappa shape index (κ1) is 24.5. The van der Waals surface area contributed by atoms with E-state index < -0.39 is 0 Å². The Morgan fingerprint density at radius 2 is 1.78 bits per heavy atom. The maximum absolute atomic E-state index is 12.4. The second-order valence-corrected chi connectivity index (χ2v) is 8.94. The molecule has 1 fully saturated rings. The summed E-state index contributed by atoms with van der Waals surface area (Å²) in [6.45, 7) is 8.12. The molecular formula is C24H30BrN3O3S. The lowest BCUT2D eigenvalue weighted by molar-refractivity contribution is -0.118. The molecule has 172 valence electrons. The Balaban J connectivity index is 1.68. The highest BCUT2D eigenvalue weighted by Crippen LogP contribution is 2.37. The molecule has 1 amide bonds. The number of benzene rings is 2. The fourth-order valence-electron chi connectivity index (χ4n) is 3.45. The van der Waals surface area contributed by atoms with E-state index in [4.69, 9.17) is 21.7 Å². The molecule has 1 aliphatic rings. The van der Waals surface area contributed by atoms with Crippen molar-refractivity contribution < 1.29 is 14.3 Å². The van der Waals surface area contributed by atoms with Crippen molar-refractivity contribution in [3.63, 3.8) is 0 Å². The smallest absolute Gasteiger partial charge is 0.262 e. The fraction of sp³-hybridized carbons (Fsp3) is 0.417. The van der Waals surface area contributed by atoms with Crippen molar-refractivity contribution in [2.24, 2.45) is 0 Å². The van der Waals surface area contributed by atoms with Gasteiger partial charge in [0.1, 0.15) is 4.99 Å². The second kappa shape index (κ2) is 11.6.